The van der Waals surface area contributed by atoms with Gasteiger partial charge in [-0.3, -0.25) is 0 Å². The van der Waals surface area contributed by atoms with Crippen LogP contribution < -0.4 is 5.73 Å². The third kappa shape index (κ3) is 2.65. The molecule has 3 nitrogen and oxygen atoms in total. The lowest BCUT2D eigenvalue weighted by molar-refractivity contribution is 0.613. The molecule has 0 radical (unpaired) electrons. The molecule has 0 fully saturated rings. The largest absolute Gasteiger partial charge is 0.333 e. The molecule has 0 saturated heterocycles. The summed E-state index contributed by atoms with van der Waals surface area (Å²) in [5.41, 5.74) is 8.60. The second-order valence-electron chi connectivity index (χ2n) is 4.47. The van der Waals surface area contributed by atoms with Crippen molar-refractivity contribution in [2.24, 2.45) is 5.73 Å². The minimum Gasteiger partial charge on any atom is -0.333 e. The summed E-state index contributed by atoms with van der Waals surface area (Å²) in [5.74, 6) is 0.924. The normalized spacial score (nSPS) is 12.7. The van der Waals surface area contributed by atoms with Crippen molar-refractivity contribution < 1.29 is 0 Å². The van der Waals surface area contributed by atoms with E-state index in [9.17, 15) is 0 Å². The third-order valence-corrected chi connectivity index (χ3v) is 3.90. The van der Waals surface area contributed by atoms with Gasteiger partial charge in [-0.25, -0.2) is 4.98 Å². The number of halogens is 1. The van der Waals surface area contributed by atoms with Crippen LogP contribution in [0.3, 0.4) is 0 Å². The molecular formula is C14H18BrN3. The Hall–Kier alpha value is -1.13. The van der Waals surface area contributed by atoms with Gasteiger partial charge in [0.2, 0.25) is 0 Å². The highest BCUT2D eigenvalue weighted by molar-refractivity contribution is 9.10. The Kier molecular flexibility index (Phi) is 4.19. The van der Waals surface area contributed by atoms with Gasteiger partial charge in [0, 0.05) is 23.4 Å². The van der Waals surface area contributed by atoms with Gasteiger partial charge in [-0.1, -0.05) is 35.0 Å². The first-order valence-corrected chi connectivity index (χ1v) is 6.95. The van der Waals surface area contributed by atoms with E-state index in [1.165, 1.54) is 5.56 Å². The maximum absolute atomic E-state index is 6.31. The van der Waals surface area contributed by atoms with Crippen molar-refractivity contribution in [1.82, 2.24) is 9.55 Å². The molecule has 0 aliphatic heterocycles. The average Bonchev–Trinajstić information content (AvgIpc) is 2.80. The van der Waals surface area contributed by atoms with Gasteiger partial charge in [0.1, 0.15) is 5.82 Å². The van der Waals surface area contributed by atoms with Crippen LogP contribution in [0.15, 0.2) is 35.1 Å². The topological polar surface area (TPSA) is 43.8 Å². The molecule has 0 amide bonds. The molecule has 1 unspecified atom stereocenters. The average molecular weight is 308 g/mol. The van der Waals surface area contributed by atoms with Crippen LogP contribution in [0, 0.1) is 6.92 Å². The summed E-state index contributed by atoms with van der Waals surface area (Å²) in [6.45, 7) is 5.17. The predicted octanol–water partition coefficient (Wildman–Crippen LogP) is 3.41. The van der Waals surface area contributed by atoms with E-state index in [0.717, 1.165) is 28.8 Å². The number of hydrogen-bond donors (Lipinski definition) is 1. The van der Waals surface area contributed by atoms with Crippen LogP contribution in [0.25, 0.3) is 0 Å². The summed E-state index contributed by atoms with van der Waals surface area (Å²) < 4.78 is 3.21. The number of nitrogens with two attached hydrogens (primary N) is 1. The van der Waals surface area contributed by atoms with E-state index in [2.05, 4.69) is 57.5 Å². The fraction of sp³-hybridized carbons (Fsp3) is 0.357. The van der Waals surface area contributed by atoms with Crippen LogP contribution in [0.2, 0.25) is 0 Å². The number of hydrogen-bond acceptors (Lipinski definition) is 2. The molecule has 0 bridgehead atoms. The lowest BCUT2D eigenvalue weighted by Gasteiger charge is -2.15. The van der Waals surface area contributed by atoms with Gasteiger partial charge in [-0.15, -0.1) is 0 Å². The molecule has 1 atom stereocenters. The molecule has 0 saturated carbocycles. The van der Waals surface area contributed by atoms with E-state index < -0.39 is 0 Å². The SMILES string of the molecule is CCCn1ccnc1C(N)c1ccc(C)c(Br)c1. The Morgan fingerprint density at radius 3 is 2.89 bits per heavy atom. The Bertz CT molecular complexity index is 534. The van der Waals surface area contributed by atoms with Gasteiger partial charge in [0.05, 0.1) is 6.04 Å². The van der Waals surface area contributed by atoms with Crippen molar-refractivity contribution in [2.75, 3.05) is 0 Å². The quantitative estimate of drug-likeness (QED) is 0.940. The number of aromatic nitrogens is 2. The van der Waals surface area contributed by atoms with Crippen LogP contribution >= 0.6 is 15.9 Å². The molecule has 0 aliphatic carbocycles. The van der Waals surface area contributed by atoms with Crippen LogP contribution in [-0.2, 0) is 6.54 Å². The van der Waals surface area contributed by atoms with E-state index >= 15 is 0 Å². The number of aryl methyl sites for hydroxylation is 2. The van der Waals surface area contributed by atoms with E-state index in [1.54, 1.807) is 0 Å². The zero-order valence-corrected chi connectivity index (χ0v) is 12.3. The first-order valence-electron chi connectivity index (χ1n) is 6.16. The molecule has 4 heteroatoms. The van der Waals surface area contributed by atoms with E-state index in [1.807, 2.05) is 12.4 Å². The Balaban J connectivity index is 2.32. The van der Waals surface area contributed by atoms with Gasteiger partial charge in [-0.05, 0) is 30.5 Å². The first kappa shape index (κ1) is 13.3. The van der Waals surface area contributed by atoms with Gasteiger partial charge in [-0.2, -0.15) is 0 Å². The molecule has 96 valence electrons. The second kappa shape index (κ2) is 5.67. The Labute approximate surface area is 116 Å². The third-order valence-electron chi connectivity index (χ3n) is 3.05. The van der Waals surface area contributed by atoms with Gasteiger partial charge >= 0.3 is 0 Å². The maximum atomic E-state index is 6.31. The highest BCUT2D eigenvalue weighted by atomic mass is 79.9. The molecule has 2 N–H and O–H groups in total. The van der Waals surface area contributed by atoms with Crippen LogP contribution in [0.5, 0.6) is 0 Å². The number of nitrogens with zero attached hydrogens (tertiary/aromatic N) is 2. The standard InChI is InChI=1S/C14H18BrN3/c1-3-7-18-8-6-17-14(18)13(16)11-5-4-10(2)12(15)9-11/h4-6,8-9,13H,3,7,16H2,1-2H3. The predicted molar refractivity (Wildman–Crippen MR) is 77.4 cm³/mol. The van der Waals surface area contributed by atoms with Crippen molar-refractivity contribution in [2.45, 2.75) is 32.9 Å². The van der Waals surface area contributed by atoms with Crippen molar-refractivity contribution in [3.05, 3.63) is 52.0 Å². The number of benzene rings is 1. The monoisotopic (exact) mass is 307 g/mol. The van der Waals surface area contributed by atoms with E-state index in [-0.39, 0.29) is 6.04 Å². The summed E-state index contributed by atoms with van der Waals surface area (Å²) in [5, 5.41) is 0. The lowest BCUT2D eigenvalue weighted by Crippen LogP contribution is -2.18. The lowest BCUT2D eigenvalue weighted by atomic mass is 10.1. The summed E-state index contributed by atoms with van der Waals surface area (Å²) in [4.78, 5) is 4.39. The van der Waals surface area contributed by atoms with Crippen LogP contribution in [0.1, 0.15) is 36.3 Å². The fourth-order valence-electron chi connectivity index (χ4n) is 1.98. The second-order valence-corrected chi connectivity index (χ2v) is 5.32. The Morgan fingerprint density at radius 2 is 2.22 bits per heavy atom. The maximum Gasteiger partial charge on any atom is 0.130 e. The zero-order valence-electron chi connectivity index (χ0n) is 10.7. The number of imidazole rings is 1. The molecule has 0 aliphatic rings. The van der Waals surface area contributed by atoms with Crippen molar-refractivity contribution in [3.8, 4) is 0 Å². The highest BCUT2D eigenvalue weighted by Crippen LogP contribution is 2.24. The van der Waals surface area contributed by atoms with Gasteiger partial charge in [0.25, 0.3) is 0 Å². The van der Waals surface area contributed by atoms with E-state index in [0.29, 0.717) is 0 Å². The van der Waals surface area contributed by atoms with Crippen LogP contribution in [0.4, 0.5) is 0 Å². The van der Waals surface area contributed by atoms with Crippen LogP contribution in [-0.4, -0.2) is 9.55 Å². The van der Waals surface area contributed by atoms with Gasteiger partial charge in [0.15, 0.2) is 0 Å². The van der Waals surface area contributed by atoms with Crippen molar-refractivity contribution in [3.63, 3.8) is 0 Å². The molecule has 0 spiro atoms. The molecule has 2 aromatic rings. The molecule has 1 heterocycles. The highest BCUT2D eigenvalue weighted by Gasteiger charge is 2.15. The zero-order chi connectivity index (χ0) is 13.1. The molecular weight excluding hydrogens is 290 g/mol. The van der Waals surface area contributed by atoms with Gasteiger partial charge < -0.3 is 10.3 Å². The molecule has 1 aromatic carbocycles. The number of rotatable bonds is 4. The first-order chi connectivity index (χ1) is 8.63. The molecule has 1 aromatic heterocycles. The Morgan fingerprint density at radius 1 is 1.44 bits per heavy atom. The summed E-state index contributed by atoms with van der Waals surface area (Å²) in [6.07, 6.45) is 4.88. The smallest absolute Gasteiger partial charge is 0.130 e. The van der Waals surface area contributed by atoms with E-state index in [4.69, 9.17) is 5.73 Å². The summed E-state index contributed by atoms with van der Waals surface area (Å²) in [7, 11) is 0. The molecule has 18 heavy (non-hydrogen) atoms. The minimum absolute atomic E-state index is 0.177. The molecule has 2 rings (SSSR count). The van der Waals surface area contributed by atoms with Crippen molar-refractivity contribution in [1.29, 1.82) is 0 Å². The fourth-order valence-corrected chi connectivity index (χ4v) is 2.38. The minimum atomic E-state index is -0.177. The summed E-state index contributed by atoms with van der Waals surface area (Å²) >= 11 is 3.54. The summed E-state index contributed by atoms with van der Waals surface area (Å²) in [6, 6.07) is 6.04. The van der Waals surface area contributed by atoms with Crippen molar-refractivity contribution >= 4 is 15.9 Å².